The number of anilines is 1. The zero-order chi connectivity index (χ0) is 21.9. The summed E-state index contributed by atoms with van der Waals surface area (Å²) < 4.78 is 18.6. The number of hydrogen-bond acceptors (Lipinski definition) is 5. The molecule has 0 heterocycles. The van der Waals surface area contributed by atoms with Crippen LogP contribution in [0.2, 0.25) is 5.02 Å². The average molecular weight is 433 g/mol. The van der Waals surface area contributed by atoms with E-state index in [1.807, 2.05) is 0 Å². The average Bonchev–Trinajstić information content (AvgIpc) is 2.73. The number of amides is 3. The molecule has 2 rings (SSSR count). The number of benzene rings is 2. The van der Waals surface area contributed by atoms with Crippen molar-refractivity contribution in [1.82, 2.24) is 10.7 Å². The molecule has 0 unspecified atom stereocenters. The van der Waals surface area contributed by atoms with E-state index in [1.54, 1.807) is 24.3 Å². The first kappa shape index (κ1) is 22.6. The van der Waals surface area contributed by atoms with Gasteiger partial charge in [-0.3, -0.25) is 14.4 Å². The third kappa shape index (κ3) is 7.02. The van der Waals surface area contributed by atoms with E-state index in [9.17, 15) is 18.8 Å². The van der Waals surface area contributed by atoms with E-state index in [-0.39, 0.29) is 18.2 Å². The molecular formula is C20H18ClFN4O4. The van der Waals surface area contributed by atoms with Gasteiger partial charge in [0.25, 0.3) is 5.91 Å². The van der Waals surface area contributed by atoms with Gasteiger partial charge in [-0.1, -0.05) is 29.8 Å². The molecule has 0 spiro atoms. The predicted octanol–water partition coefficient (Wildman–Crippen LogP) is 2.25. The van der Waals surface area contributed by atoms with Gasteiger partial charge in [0.05, 0.1) is 11.2 Å². The number of carbonyl (C=O) groups excluding carboxylic acids is 3. The van der Waals surface area contributed by atoms with Crippen molar-refractivity contribution in [3.8, 4) is 5.75 Å². The van der Waals surface area contributed by atoms with Gasteiger partial charge in [0.15, 0.2) is 6.61 Å². The summed E-state index contributed by atoms with van der Waals surface area (Å²) in [6.07, 6.45) is 2.70. The lowest BCUT2D eigenvalue weighted by atomic mass is 10.2. The minimum Gasteiger partial charge on any atom is -0.483 e. The zero-order valence-corrected chi connectivity index (χ0v) is 16.4. The van der Waals surface area contributed by atoms with Crippen LogP contribution in [-0.2, 0) is 14.4 Å². The molecule has 0 atom stereocenters. The Hall–Kier alpha value is -3.72. The van der Waals surface area contributed by atoms with Crippen LogP contribution < -0.4 is 20.8 Å². The third-order valence-electron chi connectivity index (χ3n) is 3.46. The molecule has 3 amide bonds. The van der Waals surface area contributed by atoms with Gasteiger partial charge in [0.2, 0.25) is 0 Å². The zero-order valence-electron chi connectivity index (χ0n) is 15.7. The first-order chi connectivity index (χ1) is 14.4. The SMILES string of the molecule is C=CCNC(=O)C(=O)N/N=C\c1ccccc1OCC(=O)Nc1ccc(F)c(Cl)c1. The molecule has 0 aromatic heterocycles. The summed E-state index contributed by atoms with van der Waals surface area (Å²) in [7, 11) is 0. The van der Waals surface area contributed by atoms with Crippen LogP contribution in [-0.4, -0.2) is 37.1 Å². The second-order valence-corrected chi connectivity index (χ2v) is 6.11. The molecule has 8 nitrogen and oxygen atoms in total. The van der Waals surface area contributed by atoms with Crippen molar-refractivity contribution >= 4 is 41.2 Å². The fourth-order valence-electron chi connectivity index (χ4n) is 2.09. The molecule has 0 aliphatic heterocycles. The van der Waals surface area contributed by atoms with Crippen LogP contribution in [0.4, 0.5) is 10.1 Å². The van der Waals surface area contributed by atoms with Crippen molar-refractivity contribution in [1.29, 1.82) is 0 Å². The lowest BCUT2D eigenvalue weighted by Gasteiger charge is -2.10. The summed E-state index contributed by atoms with van der Waals surface area (Å²) in [6.45, 7) is 3.24. The van der Waals surface area contributed by atoms with Gasteiger partial charge >= 0.3 is 11.8 Å². The Morgan fingerprint density at radius 3 is 2.67 bits per heavy atom. The summed E-state index contributed by atoms with van der Waals surface area (Å²) in [5.74, 6) is -2.56. The van der Waals surface area contributed by atoms with Crippen LogP contribution in [0.15, 0.2) is 60.2 Å². The third-order valence-corrected chi connectivity index (χ3v) is 3.75. The molecule has 0 saturated heterocycles. The Labute approximate surface area is 176 Å². The lowest BCUT2D eigenvalue weighted by Crippen LogP contribution is -2.37. The molecule has 3 N–H and O–H groups in total. The molecule has 156 valence electrons. The van der Waals surface area contributed by atoms with Gasteiger partial charge in [-0.15, -0.1) is 6.58 Å². The van der Waals surface area contributed by atoms with Crippen molar-refractivity contribution < 1.29 is 23.5 Å². The summed E-state index contributed by atoms with van der Waals surface area (Å²) in [4.78, 5) is 35.0. The maximum atomic E-state index is 13.2. The van der Waals surface area contributed by atoms with Crippen LogP contribution in [0, 0.1) is 5.82 Å². The van der Waals surface area contributed by atoms with E-state index in [4.69, 9.17) is 16.3 Å². The van der Waals surface area contributed by atoms with Crippen LogP contribution in [0.5, 0.6) is 5.75 Å². The first-order valence-corrected chi connectivity index (χ1v) is 8.97. The summed E-state index contributed by atoms with van der Waals surface area (Å²) in [5, 5.41) is 8.43. The highest BCUT2D eigenvalue weighted by atomic mass is 35.5. The highest BCUT2D eigenvalue weighted by Crippen LogP contribution is 2.20. The number of para-hydroxylation sites is 1. The number of nitrogens with one attached hydrogen (secondary N) is 3. The number of hydrogen-bond donors (Lipinski definition) is 3. The molecule has 2 aromatic rings. The monoisotopic (exact) mass is 432 g/mol. The Kier molecular flexibility index (Phi) is 8.52. The molecular weight excluding hydrogens is 415 g/mol. The standard InChI is InChI=1S/C20H18ClFN4O4/c1-2-9-23-19(28)20(29)26-24-11-13-5-3-4-6-17(13)30-12-18(27)25-14-7-8-16(22)15(21)10-14/h2-8,10-11H,1,9,12H2,(H,23,28)(H,25,27)(H,26,29)/b24-11-. The molecule has 10 heteroatoms. The highest BCUT2D eigenvalue weighted by molar-refractivity contribution is 6.35. The summed E-state index contributed by atoms with van der Waals surface area (Å²) in [6, 6.07) is 10.4. The quantitative estimate of drug-likeness (QED) is 0.257. The van der Waals surface area contributed by atoms with Gasteiger partial charge in [-0.05, 0) is 30.3 Å². The van der Waals surface area contributed by atoms with Crippen molar-refractivity contribution in [3.05, 3.63) is 71.5 Å². The molecule has 0 aliphatic carbocycles. The normalized spacial score (nSPS) is 10.3. The minimum atomic E-state index is -0.941. The molecule has 0 saturated carbocycles. The van der Waals surface area contributed by atoms with Crippen LogP contribution in [0.3, 0.4) is 0 Å². The van der Waals surface area contributed by atoms with E-state index in [0.717, 1.165) is 6.07 Å². The number of rotatable bonds is 8. The Bertz CT molecular complexity index is 981. The number of carbonyl (C=O) groups is 3. The number of nitrogens with zero attached hydrogens (tertiary/aromatic N) is 1. The molecule has 0 bridgehead atoms. The topological polar surface area (TPSA) is 109 Å². The van der Waals surface area contributed by atoms with E-state index in [1.165, 1.54) is 24.4 Å². The van der Waals surface area contributed by atoms with Crippen molar-refractivity contribution in [2.24, 2.45) is 5.10 Å². The first-order valence-electron chi connectivity index (χ1n) is 8.59. The Morgan fingerprint density at radius 2 is 1.93 bits per heavy atom. The van der Waals surface area contributed by atoms with Gasteiger partial charge in [-0.2, -0.15) is 5.10 Å². The predicted molar refractivity (Wildman–Crippen MR) is 111 cm³/mol. The fraction of sp³-hybridized carbons (Fsp3) is 0.100. The number of halogens is 2. The highest BCUT2D eigenvalue weighted by Gasteiger charge is 2.11. The molecule has 2 aromatic carbocycles. The van der Waals surface area contributed by atoms with Gasteiger partial charge in [0, 0.05) is 17.8 Å². The molecule has 0 radical (unpaired) electrons. The fourth-order valence-corrected chi connectivity index (χ4v) is 2.27. The molecule has 30 heavy (non-hydrogen) atoms. The lowest BCUT2D eigenvalue weighted by molar-refractivity contribution is -0.139. The van der Waals surface area contributed by atoms with E-state index >= 15 is 0 Å². The summed E-state index contributed by atoms with van der Waals surface area (Å²) >= 11 is 5.67. The second-order valence-electron chi connectivity index (χ2n) is 5.70. The second kappa shape index (κ2) is 11.3. The smallest absolute Gasteiger partial charge is 0.329 e. The Balaban J connectivity index is 1.92. The van der Waals surface area contributed by atoms with Crippen molar-refractivity contribution in [2.45, 2.75) is 0 Å². The van der Waals surface area contributed by atoms with Gasteiger partial charge in [0.1, 0.15) is 11.6 Å². The molecule has 0 fully saturated rings. The number of hydrazone groups is 1. The number of ether oxygens (including phenoxy) is 1. The van der Waals surface area contributed by atoms with Gasteiger partial charge < -0.3 is 15.4 Å². The van der Waals surface area contributed by atoms with E-state index in [2.05, 4.69) is 27.7 Å². The minimum absolute atomic E-state index is 0.115. The maximum absolute atomic E-state index is 13.2. The maximum Gasteiger partial charge on any atom is 0.329 e. The largest absolute Gasteiger partial charge is 0.483 e. The van der Waals surface area contributed by atoms with E-state index in [0.29, 0.717) is 17.0 Å². The van der Waals surface area contributed by atoms with E-state index < -0.39 is 23.5 Å². The van der Waals surface area contributed by atoms with Crippen LogP contribution in [0.1, 0.15) is 5.56 Å². The van der Waals surface area contributed by atoms with Crippen LogP contribution in [0.25, 0.3) is 0 Å². The molecule has 0 aliphatic rings. The van der Waals surface area contributed by atoms with Crippen molar-refractivity contribution in [2.75, 3.05) is 18.5 Å². The van der Waals surface area contributed by atoms with Gasteiger partial charge in [-0.25, -0.2) is 9.82 Å². The summed E-state index contributed by atoms with van der Waals surface area (Å²) in [5.41, 5.74) is 2.86. The van der Waals surface area contributed by atoms with Crippen molar-refractivity contribution in [3.63, 3.8) is 0 Å². The Morgan fingerprint density at radius 1 is 1.17 bits per heavy atom. The van der Waals surface area contributed by atoms with Crippen LogP contribution >= 0.6 is 11.6 Å².